The molecule has 3 aromatic carbocycles. The van der Waals surface area contributed by atoms with E-state index in [0.29, 0.717) is 40.9 Å². The van der Waals surface area contributed by atoms with Gasteiger partial charge in [0.05, 0.1) is 29.4 Å². The van der Waals surface area contributed by atoms with Gasteiger partial charge in [-0.05, 0) is 51.1 Å². The molecule has 3 N–H and O–H groups in total. The van der Waals surface area contributed by atoms with Crippen LogP contribution in [-0.2, 0) is 24.6 Å². The number of halogens is 1. The summed E-state index contributed by atoms with van der Waals surface area (Å²) < 4.78 is 11.4. The smallest absolute Gasteiger partial charge is 0.320 e. The van der Waals surface area contributed by atoms with Crippen LogP contribution in [0.2, 0.25) is 5.02 Å². The quantitative estimate of drug-likeness (QED) is 0.269. The van der Waals surface area contributed by atoms with E-state index in [0.717, 1.165) is 5.56 Å². The minimum atomic E-state index is -1.71. The van der Waals surface area contributed by atoms with Crippen LogP contribution >= 0.6 is 11.6 Å². The van der Waals surface area contributed by atoms with Crippen LogP contribution in [0.15, 0.2) is 72.8 Å². The second kappa shape index (κ2) is 13.0. The number of hydrogen-bond acceptors (Lipinski definition) is 5. The third-order valence-electron chi connectivity index (χ3n) is 6.51. The van der Waals surface area contributed by atoms with Gasteiger partial charge in [-0.15, -0.1) is 0 Å². The maximum Gasteiger partial charge on any atom is 0.320 e. The number of para-hydroxylation sites is 2. The third kappa shape index (κ3) is 6.44. The molecule has 0 aliphatic carbocycles. The fourth-order valence-corrected chi connectivity index (χ4v) is 4.89. The summed E-state index contributed by atoms with van der Waals surface area (Å²) in [6, 6.07) is 20.5. The molecule has 1 heterocycles. The second-order valence-corrected chi connectivity index (χ2v) is 9.74. The van der Waals surface area contributed by atoms with Crippen molar-refractivity contribution in [3.63, 3.8) is 0 Å². The number of urea groups is 1. The molecule has 0 saturated carbocycles. The monoisotopic (exact) mass is 564 g/mol. The van der Waals surface area contributed by atoms with Gasteiger partial charge in [0.25, 0.3) is 5.91 Å². The maximum absolute atomic E-state index is 14.3. The first-order valence-electron chi connectivity index (χ1n) is 13.1. The molecular weight excluding hydrogens is 532 g/mol. The SMILES string of the molecule is CCOC(CN1C(=O)C(CC(=O)Nc2ccccc2Cl)(NC(=O)Nc2ccc(C)cc2)c2ccccc21)OCC. The fraction of sp³-hybridized carbons (Fsp3) is 0.300. The summed E-state index contributed by atoms with van der Waals surface area (Å²) in [7, 11) is 0. The van der Waals surface area contributed by atoms with E-state index < -0.39 is 29.7 Å². The molecule has 0 fully saturated rings. The van der Waals surface area contributed by atoms with Gasteiger partial charge in [0.2, 0.25) is 5.91 Å². The fourth-order valence-electron chi connectivity index (χ4n) is 4.71. The predicted molar refractivity (Wildman–Crippen MR) is 156 cm³/mol. The van der Waals surface area contributed by atoms with Crippen LogP contribution < -0.4 is 20.9 Å². The van der Waals surface area contributed by atoms with Crippen LogP contribution in [0.1, 0.15) is 31.4 Å². The Morgan fingerprint density at radius 1 is 0.925 bits per heavy atom. The standard InChI is InChI=1S/C30H33ClN4O5/c1-4-39-27(40-5-2)19-35-25-13-9-6-10-22(25)30(28(35)37,18-26(36)33-24-12-8-7-11-23(24)31)34-29(38)32-21-16-14-20(3)15-17-21/h6-17,27H,4-5,18-19H2,1-3H3,(H,33,36)(H2,32,34,38). The number of rotatable bonds is 11. The molecule has 210 valence electrons. The average molecular weight is 565 g/mol. The Kier molecular flexibility index (Phi) is 9.42. The predicted octanol–water partition coefficient (Wildman–Crippen LogP) is 5.44. The van der Waals surface area contributed by atoms with Crippen molar-refractivity contribution < 1.29 is 23.9 Å². The van der Waals surface area contributed by atoms with Gasteiger partial charge in [0, 0.05) is 24.5 Å². The van der Waals surface area contributed by atoms with Crippen LogP contribution in [0, 0.1) is 6.92 Å². The summed E-state index contributed by atoms with van der Waals surface area (Å²) in [5, 5.41) is 8.75. The lowest BCUT2D eigenvalue weighted by atomic mass is 9.87. The number of anilines is 3. The summed E-state index contributed by atoms with van der Waals surface area (Å²) in [5.74, 6) is -0.980. The highest BCUT2D eigenvalue weighted by atomic mass is 35.5. The van der Waals surface area contributed by atoms with Gasteiger partial charge in [-0.1, -0.05) is 59.6 Å². The molecule has 1 aliphatic heterocycles. The van der Waals surface area contributed by atoms with E-state index in [9.17, 15) is 14.4 Å². The van der Waals surface area contributed by atoms with Gasteiger partial charge < -0.3 is 30.3 Å². The highest BCUT2D eigenvalue weighted by molar-refractivity contribution is 6.33. The van der Waals surface area contributed by atoms with Crippen molar-refractivity contribution in [3.8, 4) is 0 Å². The van der Waals surface area contributed by atoms with Gasteiger partial charge in [-0.3, -0.25) is 9.59 Å². The van der Waals surface area contributed by atoms with E-state index in [4.69, 9.17) is 21.1 Å². The van der Waals surface area contributed by atoms with Crippen molar-refractivity contribution in [1.82, 2.24) is 5.32 Å². The molecule has 3 aromatic rings. The molecule has 0 radical (unpaired) electrons. The van der Waals surface area contributed by atoms with Crippen molar-refractivity contribution in [2.24, 2.45) is 0 Å². The van der Waals surface area contributed by atoms with Gasteiger partial charge in [-0.25, -0.2) is 4.79 Å². The average Bonchev–Trinajstić information content (AvgIpc) is 3.14. The molecule has 0 aromatic heterocycles. The van der Waals surface area contributed by atoms with Gasteiger partial charge in [-0.2, -0.15) is 0 Å². The number of carbonyl (C=O) groups is 3. The highest BCUT2D eigenvalue weighted by Crippen LogP contribution is 2.43. The minimum Gasteiger partial charge on any atom is -0.351 e. The second-order valence-electron chi connectivity index (χ2n) is 9.33. The Morgan fingerprint density at radius 3 is 2.25 bits per heavy atom. The molecule has 4 amide bonds. The topological polar surface area (TPSA) is 109 Å². The Balaban J connectivity index is 1.70. The van der Waals surface area contributed by atoms with Crippen LogP contribution in [0.3, 0.4) is 0 Å². The number of aryl methyl sites for hydroxylation is 1. The van der Waals surface area contributed by atoms with Gasteiger partial charge in [0.15, 0.2) is 11.8 Å². The van der Waals surface area contributed by atoms with Crippen molar-refractivity contribution in [2.45, 2.75) is 39.0 Å². The lowest BCUT2D eigenvalue weighted by molar-refractivity contribution is -0.138. The van der Waals surface area contributed by atoms with Crippen LogP contribution in [0.5, 0.6) is 0 Å². The summed E-state index contributed by atoms with van der Waals surface area (Å²) >= 11 is 6.26. The van der Waals surface area contributed by atoms with Crippen LogP contribution in [0.4, 0.5) is 21.9 Å². The van der Waals surface area contributed by atoms with Crippen molar-refractivity contribution in [2.75, 3.05) is 35.3 Å². The number of benzene rings is 3. The summed E-state index contributed by atoms with van der Waals surface area (Å²) in [6.45, 7) is 6.47. The first kappa shape index (κ1) is 29.1. The Hall–Kier alpha value is -3.92. The zero-order valence-electron chi connectivity index (χ0n) is 22.7. The van der Waals surface area contributed by atoms with E-state index in [1.165, 1.54) is 4.90 Å². The van der Waals surface area contributed by atoms with Crippen molar-refractivity contribution in [3.05, 3.63) is 88.9 Å². The lowest BCUT2D eigenvalue weighted by Crippen LogP contribution is -2.56. The number of fused-ring (bicyclic) bond motifs is 1. The van der Waals surface area contributed by atoms with Gasteiger partial charge in [0.1, 0.15) is 0 Å². The number of nitrogens with one attached hydrogen (secondary N) is 3. The zero-order chi connectivity index (χ0) is 28.7. The first-order valence-corrected chi connectivity index (χ1v) is 13.5. The Labute approximate surface area is 238 Å². The Bertz CT molecular complexity index is 1360. The summed E-state index contributed by atoms with van der Waals surface area (Å²) in [4.78, 5) is 42.6. The molecular formula is C30H33ClN4O5. The molecule has 1 atom stereocenters. The van der Waals surface area contributed by atoms with Crippen molar-refractivity contribution >= 4 is 46.5 Å². The number of carbonyl (C=O) groups excluding carboxylic acids is 3. The molecule has 0 spiro atoms. The highest BCUT2D eigenvalue weighted by Gasteiger charge is 2.53. The normalized spacial score (nSPS) is 16.1. The number of nitrogens with zero attached hydrogens (tertiary/aromatic N) is 1. The molecule has 4 rings (SSSR count). The molecule has 1 aliphatic rings. The molecule has 1 unspecified atom stereocenters. The van der Waals surface area contributed by atoms with E-state index in [2.05, 4.69) is 16.0 Å². The zero-order valence-corrected chi connectivity index (χ0v) is 23.5. The molecule has 9 nitrogen and oxygen atoms in total. The first-order chi connectivity index (χ1) is 19.3. The van der Waals surface area contributed by atoms with E-state index in [-0.39, 0.29) is 13.0 Å². The van der Waals surface area contributed by atoms with E-state index in [1.54, 1.807) is 60.7 Å². The van der Waals surface area contributed by atoms with E-state index >= 15 is 0 Å². The van der Waals surface area contributed by atoms with Gasteiger partial charge >= 0.3 is 6.03 Å². The number of ether oxygens (including phenoxy) is 2. The Morgan fingerprint density at radius 2 is 1.57 bits per heavy atom. The largest absolute Gasteiger partial charge is 0.351 e. The van der Waals surface area contributed by atoms with Crippen LogP contribution in [0.25, 0.3) is 0 Å². The van der Waals surface area contributed by atoms with Crippen LogP contribution in [-0.4, -0.2) is 43.9 Å². The molecule has 0 bridgehead atoms. The van der Waals surface area contributed by atoms with Crippen molar-refractivity contribution in [1.29, 1.82) is 0 Å². The maximum atomic E-state index is 14.3. The summed E-state index contributed by atoms with van der Waals surface area (Å²) in [6.07, 6.45) is -1.07. The minimum absolute atomic E-state index is 0.0761. The molecule has 10 heteroatoms. The lowest BCUT2D eigenvalue weighted by Gasteiger charge is -2.30. The number of hydrogen-bond donors (Lipinski definition) is 3. The number of amides is 4. The molecule has 40 heavy (non-hydrogen) atoms. The molecule has 0 saturated heterocycles. The summed E-state index contributed by atoms with van der Waals surface area (Å²) in [5.41, 5.74) is 1.31. The third-order valence-corrected chi connectivity index (χ3v) is 6.84. The van der Waals surface area contributed by atoms with E-state index in [1.807, 2.05) is 32.9 Å².